The van der Waals surface area contributed by atoms with Gasteiger partial charge in [-0.15, -0.1) is 0 Å². The first-order valence-corrected chi connectivity index (χ1v) is 7.25. The lowest BCUT2D eigenvalue weighted by Gasteiger charge is -2.24. The summed E-state index contributed by atoms with van der Waals surface area (Å²) in [4.78, 5) is 13.8. The number of nitrogens with two attached hydrogens (primary N) is 1. The molecule has 0 bridgehead atoms. The van der Waals surface area contributed by atoms with Gasteiger partial charge in [-0.05, 0) is 24.5 Å². The van der Waals surface area contributed by atoms with Crippen LogP contribution >= 0.6 is 0 Å². The smallest absolute Gasteiger partial charge is 0.224 e. The van der Waals surface area contributed by atoms with Gasteiger partial charge in [-0.25, -0.2) is 0 Å². The maximum atomic E-state index is 12.0. The zero-order chi connectivity index (χ0) is 14.3. The minimum Gasteiger partial charge on any atom is -0.464 e. The molecule has 2 aliphatic rings. The molecule has 2 fully saturated rings. The average Bonchev–Trinajstić information content (AvgIpc) is 2.85. The van der Waals surface area contributed by atoms with Gasteiger partial charge in [0, 0.05) is 32.0 Å². The zero-order valence-corrected chi connectivity index (χ0v) is 12.0. The number of furan rings is 1. The lowest BCUT2D eigenvalue weighted by molar-refractivity contribution is -0.129. The lowest BCUT2D eigenvalue weighted by atomic mass is 10.1. The van der Waals surface area contributed by atoms with Crippen LogP contribution in [0.4, 0.5) is 0 Å². The second-order valence-electron chi connectivity index (χ2n) is 5.95. The van der Waals surface area contributed by atoms with E-state index in [0.29, 0.717) is 31.4 Å². The van der Waals surface area contributed by atoms with E-state index in [1.807, 2.05) is 12.1 Å². The first kappa shape index (κ1) is 13.6. The predicted octanol–water partition coefficient (Wildman–Crippen LogP) is 1.65. The Morgan fingerprint density at radius 3 is 2.80 bits per heavy atom. The Morgan fingerprint density at radius 1 is 1.45 bits per heavy atom. The van der Waals surface area contributed by atoms with E-state index in [-0.39, 0.29) is 18.0 Å². The van der Waals surface area contributed by atoms with Crippen molar-refractivity contribution in [3.05, 3.63) is 23.7 Å². The van der Waals surface area contributed by atoms with E-state index in [0.717, 1.165) is 11.5 Å². The topological polar surface area (TPSA) is 68.7 Å². The summed E-state index contributed by atoms with van der Waals surface area (Å²) in [6, 6.07) is 3.66. The third-order valence-corrected chi connectivity index (χ3v) is 4.42. The number of carbonyl (C=O) groups excluding carboxylic acids is 1. The molecular weight excluding hydrogens is 256 g/mol. The maximum absolute atomic E-state index is 12.0. The number of hydrogen-bond acceptors (Lipinski definition) is 4. The molecule has 1 aliphatic heterocycles. The van der Waals surface area contributed by atoms with E-state index in [4.69, 9.17) is 14.9 Å². The summed E-state index contributed by atoms with van der Waals surface area (Å²) in [7, 11) is 1.63. The molecule has 1 saturated carbocycles. The van der Waals surface area contributed by atoms with Crippen molar-refractivity contribution in [1.82, 2.24) is 4.90 Å². The fourth-order valence-electron chi connectivity index (χ4n) is 3.08. The van der Waals surface area contributed by atoms with E-state index in [2.05, 4.69) is 6.92 Å². The number of ether oxygens (including phenoxy) is 1. The summed E-state index contributed by atoms with van der Waals surface area (Å²) in [5, 5.41) is 0. The van der Waals surface area contributed by atoms with Crippen LogP contribution in [0.5, 0.6) is 0 Å². The van der Waals surface area contributed by atoms with Gasteiger partial charge in [-0.3, -0.25) is 4.79 Å². The molecule has 1 saturated heterocycles. The highest BCUT2D eigenvalue weighted by atomic mass is 16.5. The van der Waals surface area contributed by atoms with Crippen LogP contribution in [0.15, 0.2) is 16.5 Å². The molecule has 2 N–H and O–H groups in total. The van der Waals surface area contributed by atoms with Gasteiger partial charge in [0.05, 0.1) is 6.61 Å². The standard InChI is InChI=1S/C15H22N2O3/c1-9-7-10(9)12-3-4-13(20-12)15-11(16)8-14(18)17(15)5-6-19-2/h3-4,9-11,15H,5-8,16H2,1-2H3. The number of hydrogen-bond donors (Lipinski definition) is 1. The molecule has 4 unspecified atom stereocenters. The van der Waals surface area contributed by atoms with Gasteiger partial charge in [0.2, 0.25) is 5.91 Å². The van der Waals surface area contributed by atoms with Gasteiger partial charge in [-0.2, -0.15) is 0 Å². The number of rotatable bonds is 5. The average molecular weight is 278 g/mol. The number of amides is 1. The first-order valence-electron chi connectivity index (χ1n) is 7.25. The minimum absolute atomic E-state index is 0.0808. The highest BCUT2D eigenvalue weighted by molar-refractivity contribution is 5.80. The predicted molar refractivity (Wildman–Crippen MR) is 74.2 cm³/mol. The minimum atomic E-state index is -0.199. The number of carbonyl (C=O) groups is 1. The molecule has 0 aromatic carbocycles. The number of likely N-dealkylation sites (tertiary alicyclic amines) is 1. The van der Waals surface area contributed by atoms with Gasteiger partial charge in [0.25, 0.3) is 0 Å². The van der Waals surface area contributed by atoms with E-state index < -0.39 is 0 Å². The third kappa shape index (κ3) is 2.36. The fraction of sp³-hybridized carbons (Fsp3) is 0.667. The Labute approximate surface area is 119 Å². The molecule has 1 amide bonds. The Kier molecular flexibility index (Phi) is 3.56. The van der Waals surface area contributed by atoms with Gasteiger partial charge < -0.3 is 19.8 Å². The molecule has 2 heterocycles. The molecule has 1 aromatic rings. The van der Waals surface area contributed by atoms with E-state index in [1.54, 1.807) is 12.0 Å². The Balaban J connectivity index is 1.78. The zero-order valence-electron chi connectivity index (χ0n) is 12.0. The molecule has 0 radical (unpaired) electrons. The summed E-state index contributed by atoms with van der Waals surface area (Å²) < 4.78 is 11.0. The second-order valence-corrected chi connectivity index (χ2v) is 5.95. The van der Waals surface area contributed by atoms with Crippen LogP contribution in [0.3, 0.4) is 0 Å². The lowest BCUT2D eigenvalue weighted by Crippen LogP contribution is -2.35. The SMILES string of the molecule is COCCN1C(=O)CC(N)C1c1ccc(C2CC2C)o1. The van der Waals surface area contributed by atoms with Crippen LogP contribution in [0.2, 0.25) is 0 Å². The van der Waals surface area contributed by atoms with Gasteiger partial charge in [0.1, 0.15) is 17.6 Å². The molecule has 0 spiro atoms. The first-order chi connectivity index (χ1) is 9.61. The molecule has 1 aromatic heterocycles. The molecule has 4 atom stereocenters. The van der Waals surface area contributed by atoms with Crippen LogP contribution in [0.1, 0.15) is 43.2 Å². The Hall–Kier alpha value is -1.33. The van der Waals surface area contributed by atoms with Gasteiger partial charge in [-0.1, -0.05) is 6.92 Å². The third-order valence-electron chi connectivity index (χ3n) is 4.42. The number of methoxy groups -OCH3 is 1. The van der Waals surface area contributed by atoms with Crippen molar-refractivity contribution >= 4 is 5.91 Å². The van der Waals surface area contributed by atoms with Crippen molar-refractivity contribution in [3.8, 4) is 0 Å². The quantitative estimate of drug-likeness (QED) is 0.889. The fourth-order valence-corrected chi connectivity index (χ4v) is 3.08. The van der Waals surface area contributed by atoms with E-state index >= 15 is 0 Å². The largest absolute Gasteiger partial charge is 0.464 e. The molecule has 110 valence electrons. The van der Waals surface area contributed by atoms with E-state index in [1.165, 1.54) is 6.42 Å². The van der Waals surface area contributed by atoms with E-state index in [9.17, 15) is 4.79 Å². The van der Waals surface area contributed by atoms with Crippen molar-refractivity contribution in [3.63, 3.8) is 0 Å². The summed E-state index contributed by atoms with van der Waals surface area (Å²) in [6.45, 7) is 3.30. The van der Waals surface area contributed by atoms with Gasteiger partial charge in [0.15, 0.2) is 0 Å². The van der Waals surface area contributed by atoms with Crippen LogP contribution in [-0.4, -0.2) is 37.1 Å². The summed E-state index contributed by atoms with van der Waals surface area (Å²) >= 11 is 0. The molecule has 3 rings (SSSR count). The summed E-state index contributed by atoms with van der Waals surface area (Å²) in [6.07, 6.45) is 1.57. The van der Waals surface area contributed by atoms with Crippen molar-refractivity contribution in [2.24, 2.45) is 11.7 Å². The Morgan fingerprint density at radius 2 is 2.15 bits per heavy atom. The molecule has 5 heteroatoms. The van der Waals surface area contributed by atoms with Crippen molar-refractivity contribution < 1.29 is 13.9 Å². The highest BCUT2D eigenvalue weighted by Gasteiger charge is 2.42. The molecular formula is C15H22N2O3. The summed E-state index contributed by atoms with van der Waals surface area (Å²) in [5.41, 5.74) is 6.13. The Bertz CT molecular complexity index is 499. The highest BCUT2D eigenvalue weighted by Crippen LogP contribution is 2.48. The number of nitrogens with zero attached hydrogens (tertiary/aromatic N) is 1. The van der Waals surface area contributed by atoms with Crippen molar-refractivity contribution in [2.45, 2.75) is 37.8 Å². The summed E-state index contributed by atoms with van der Waals surface area (Å²) in [5.74, 6) is 3.18. The van der Waals surface area contributed by atoms with Crippen molar-refractivity contribution in [2.75, 3.05) is 20.3 Å². The van der Waals surface area contributed by atoms with Crippen LogP contribution in [-0.2, 0) is 9.53 Å². The second kappa shape index (κ2) is 5.22. The maximum Gasteiger partial charge on any atom is 0.224 e. The van der Waals surface area contributed by atoms with Crippen LogP contribution < -0.4 is 5.73 Å². The van der Waals surface area contributed by atoms with Gasteiger partial charge >= 0.3 is 0 Å². The van der Waals surface area contributed by atoms with Crippen molar-refractivity contribution in [1.29, 1.82) is 0 Å². The molecule has 1 aliphatic carbocycles. The normalized spacial score (nSPS) is 33.0. The molecule has 20 heavy (non-hydrogen) atoms. The van der Waals surface area contributed by atoms with Crippen LogP contribution in [0.25, 0.3) is 0 Å². The monoisotopic (exact) mass is 278 g/mol. The molecule has 5 nitrogen and oxygen atoms in total. The van der Waals surface area contributed by atoms with Crippen LogP contribution in [0, 0.1) is 5.92 Å².